The van der Waals surface area contributed by atoms with Gasteiger partial charge in [0, 0.05) is 32.1 Å². The summed E-state index contributed by atoms with van der Waals surface area (Å²) in [6, 6.07) is 1.81. The van der Waals surface area contributed by atoms with Gasteiger partial charge in [0.1, 0.15) is 10.7 Å². The molecule has 1 aromatic carbocycles. The third-order valence-electron chi connectivity index (χ3n) is 4.11. The van der Waals surface area contributed by atoms with Crippen LogP contribution in [-0.2, 0) is 14.8 Å². The predicted molar refractivity (Wildman–Crippen MR) is 90.8 cm³/mol. The summed E-state index contributed by atoms with van der Waals surface area (Å²) in [5.74, 6) is -1.35. The van der Waals surface area contributed by atoms with E-state index in [2.05, 4.69) is 5.32 Å². The Morgan fingerprint density at radius 2 is 2.17 bits per heavy atom. The summed E-state index contributed by atoms with van der Waals surface area (Å²) in [7, 11) is -4.02. The Morgan fingerprint density at radius 3 is 2.75 bits per heavy atom. The normalized spacial score (nSPS) is 20.6. The Morgan fingerprint density at radius 1 is 1.50 bits per heavy atom. The molecule has 0 aliphatic carbocycles. The van der Waals surface area contributed by atoms with Crippen LogP contribution < -0.4 is 11.1 Å². The van der Waals surface area contributed by atoms with Crippen LogP contribution in [0.15, 0.2) is 17.0 Å². The average Bonchev–Trinajstić information content (AvgIpc) is 2.50. The van der Waals surface area contributed by atoms with Crippen molar-refractivity contribution in [3.8, 4) is 0 Å². The first-order valence-corrected chi connectivity index (χ1v) is 9.47. The van der Waals surface area contributed by atoms with E-state index in [0.29, 0.717) is 13.0 Å². The molecule has 3 N–H and O–H groups in total. The maximum absolute atomic E-state index is 14.3. The van der Waals surface area contributed by atoms with E-state index < -0.39 is 26.6 Å². The van der Waals surface area contributed by atoms with Crippen molar-refractivity contribution < 1.29 is 17.6 Å². The summed E-state index contributed by atoms with van der Waals surface area (Å²) < 4.78 is 41.1. The molecule has 1 amide bonds. The number of halogens is 2. The highest BCUT2D eigenvalue weighted by Gasteiger charge is 2.33. The fourth-order valence-corrected chi connectivity index (χ4v) is 4.66. The van der Waals surface area contributed by atoms with Crippen LogP contribution in [0.5, 0.6) is 0 Å². The number of nitrogens with zero attached hydrogens (tertiary/aromatic N) is 1. The second kappa shape index (κ2) is 7.35. The number of benzene rings is 1. The molecule has 134 valence electrons. The maximum atomic E-state index is 14.3. The Kier molecular flexibility index (Phi) is 5.85. The van der Waals surface area contributed by atoms with Gasteiger partial charge in [-0.15, -0.1) is 0 Å². The lowest BCUT2D eigenvalue weighted by Crippen LogP contribution is -2.45. The van der Waals surface area contributed by atoms with E-state index in [1.54, 1.807) is 0 Å². The van der Waals surface area contributed by atoms with Crippen molar-refractivity contribution >= 4 is 33.2 Å². The van der Waals surface area contributed by atoms with Crippen molar-refractivity contribution in [3.63, 3.8) is 0 Å². The first-order chi connectivity index (χ1) is 11.1. The zero-order valence-electron chi connectivity index (χ0n) is 13.6. The number of anilines is 1. The lowest BCUT2D eigenvalue weighted by molar-refractivity contribution is -0.114. The monoisotopic (exact) mass is 377 g/mol. The molecule has 0 spiro atoms. The lowest BCUT2D eigenvalue weighted by Gasteiger charge is -2.33. The zero-order valence-corrected chi connectivity index (χ0v) is 15.1. The lowest BCUT2D eigenvalue weighted by atomic mass is 9.93. The Labute approximate surface area is 146 Å². The number of hydrogen-bond donors (Lipinski definition) is 2. The Balaban J connectivity index is 2.35. The van der Waals surface area contributed by atoms with E-state index >= 15 is 0 Å². The molecule has 0 radical (unpaired) electrons. The number of nitrogens with two attached hydrogens (primary N) is 1. The van der Waals surface area contributed by atoms with Gasteiger partial charge in [0.25, 0.3) is 0 Å². The van der Waals surface area contributed by atoms with Gasteiger partial charge in [-0.3, -0.25) is 4.79 Å². The molecular weight excluding hydrogens is 357 g/mol. The van der Waals surface area contributed by atoms with Crippen LogP contribution >= 0.6 is 11.6 Å². The van der Waals surface area contributed by atoms with E-state index in [9.17, 15) is 17.6 Å². The fourth-order valence-electron chi connectivity index (χ4n) is 2.77. The predicted octanol–water partition coefficient (Wildman–Crippen LogP) is 2.19. The quantitative estimate of drug-likeness (QED) is 0.841. The van der Waals surface area contributed by atoms with Gasteiger partial charge in [-0.1, -0.05) is 11.6 Å². The molecule has 1 aliphatic rings. The number of sulfonamides is 1. The van der Waals surface area contributed by atoms with Crippen molar-refractivity contribution in [2.45, 2.75) is 37.6 Å². The van der Waals surface area contributed by atoms with Crippen molar-refractivity contribution in [1.29, 1.82) is 0 Å². The zero-order chi connectivity index (χ0) is 18.1. The van der Waals surface area contributed by atoms with Crippen LogP contribution in [0.1, 0.15) is 26.7 Å². The highest BCUT2D eigenvalue weighted by molar-refractivity contribution is 7.89. The average molecular weight is 378 g/mol. The molecule has 1 heterocycles. The number of piperidine rings is 1. The Hall–Kier alpha value is -1.22. The van der Waals surface area contributed by atoms with Crippen LogP contribution in [0.2, 0.25) is 5.02 Å². The van der Waals surface area contributed by atoms with E-state index in [0.717, 1.165) is 18.6 Å². The summed E-state index contributed by atoms with van der Waals surface area (Å²) in [6.07, 6.45) is 1.51. The second-order valence-electron chi connectivity index (χ2n) is 6.07. The van der Waals surface area contributed by atoms with Crippen LogP contribution in [-0.4, -0.2) is 37.8 Å². The van der Waals surface area contributed by atoms with Gasteiger partial charge in [-0.2, -0.15) is 4.31 Å². The van der Waals surface area contributed by atoms with Gasteiger partial charge < -0.3 is 11.1 Å². The molecule has 2 unspecified atom stereocenters. The minimum Gasteiger partial charge on any atom is -0.328 e. The van der Waals surface area contributed by atoms with E-state index in [4.69, 9.17) is 17.3 Å². The first-order valence-electron chi connectivity index (χ1n) is 7.65. The van der Waals surface area contributed by atoms with Gasteiger partial charge >= 0.3 is 0 Å². The topological polar surface area (TPSA) is 92.5 Å². The first kappa shape index (κ1) is 19.1. The van der Waals surface area contributed by atoms with Crippen LogP contribution in [0.3, 0.4) is 0 Å². The van der Waals surface area contributed by atoms with Gasteiger partial charge in [0.05, 0.1) is 10.7 Å². The summed E-state index contributed by atoms with van der Waals surface area (Å²) >= 11 is 5.99. The number of amides is 1. The third kappa shape index (κ3) is 4.05. The SMILES string of the molecule is CC(=O)Nc1cc(F)c(S(=O)(=O)N2CCCC(C(C)N)C2)cc1Cl. The van der Waals surface area contributed by atoms with Crippen molar-refractivity contribution in [3.05, 3.63) is 23.0 Å². The molecule has 0 aromatic heterocycles. The minimum atomic E-state index is -4.02. The number of carbonyl (C=O) groups excluding carboxylic acids is 1. The van der Waals surface area contributed by atoms with E-state index in [-0.39, 0.29) is 29.2 Å². The van der Waals surface area contributed by atoms with Crippen molar-refractivity contribution in [2.75, 3.05) is 18.4 Å². The van der Waals surface area contributed by atoms with Crippen LogP contribution in [0.25, 0.3) is 0 Å². The van der Waals surface area contributed by atoms with Gasteiger partial charge in [-0.05, 0) is 31.7 Å². The van der Waals surface area contributed by atoms with Gasteiger partial charge in [0.2, 0.25) is 15.9 Å². The maximum Gasteiger partial charge on any atom is 0.246 e. The summed E-state index contributed by atoms with van der Waals surface area (Å²) in [5.41, 5.74) is 5.91. The number of rotatable bonds is 4. The minimum absolute atomic E-state index is 0.0331. The molecular formula is C15H21ClFN3O3S. The third-order valence-corrected chi connectivity index (χ3v) is 6.31. The van der Waals surface area contributed by atoms with Gasteiger partial charge in [0.15, 0.2) is 0 Å². The van der Waals surface area contributed by atoms with Gasteiger partial charge in [-0.25, -0.2) is 12.8 Å². The molecule has 2 atom stereocenters. The molecule has 1 saturated heterocycles. The molecule has 0 bridgehead atoms. The summed E-state index contributed by atoms with van der Waals surface area (Å²) in [5, 5.41) is 2.32. The number of carbonyl (C=O) groups is 1. The molecule has 0 saturated carbocycles. The molecule has 9 heteroatoms. The smallest absolute Gasteiger partial charge is 0.246 e. The van der Waals surface area contributed by atoms with Crippen molar-refractivity contribution in [1.82, 2.24) is 4.31 Å². The highest BCUT2D eigenvalue weighted by atomic mass is 35.5. The van der Waals surface area contributed by atoms with E-state index in [1.165, 1.54) is 11.2 Å². The fraction of sp³-hybridized carbons (Fsp3) is 0.533. The van der Waals surface area contributed by atoms with E-state index in [1.807, 2.05) is 6.92 Å². The standard InChI is InChI=1S/C15H21ClFN3O3S/c1-9(18)11-4-3-5-20(8-11)24(22,23)15-6-12(16)14(7-13(15)17)19-10(2)21/h6-7,9,11H,3-5,8,18H2,1-2H3,(H,19,21). The Bertz CT molecular complexity index is 740. The molecule has 24 heavy (non-hydrogen) atoms. The number of hydrogen-bond acceptors (Lipinski definition) is 4. The highest BCUT2D eigenvalue weighted by Crippen LogP contribution is 2.31. The van der Waals surface area contributed by atoms with Crippen LogP contribution in [0.4, 0.5) is 10.1 Å². The molecule has 1 fully saturated rings. The molecule has 1 aliphatic heterocycles. The van der Waals surface area contributed by atoms with Crippen LogP contribution in [0, 0.1) is 11.7 Å². The number of nitrogens with one attached hydrogen (secondary N) is 1. The molecule has 2 rings (SSSR count). The largest absolute Gasteiger partial charge is 0.328 e. The second-order valence-corrected chi connectivity index (χ2v) is 8.38. The summed E-state index contributed by atoms with van der Waals surface area (Å²) in [4.78, 5) is 10.6. The summed E-state index contributed by atoms with van der Waals surface area (Å²) in [6.45, 7) is 3.65. The molecule has 1 aromatic rings. The molecule has 6 nitrogen and oxygen atoms in total. The van der Waals surface area contributed by atoms with Crippen molar-refractivity contribution in [2.24, 2.45) is 11.7 Å².